The molecule has 12 rings (SSSR count). The van der Waals surface area contributed by atoms with Crippen molar-refractivity contribution in [1.82, 2.24) is 0 Å². The highest BCUT2D eigenvalue weighted by Crippen LogP contribution is 2.51. The van der Waals surface area contributed by atoms with E-state index in [1.54, 1.807) is 0 Å². The second kappa shape index (κ2) is 14.5. The van der Waals surface area contributed by atoms with Gasteiger partial charge in [-0.25, -0.2) is 0 Å². The average Bonchev–Trinajstić information content (AvgIpc) is 3.66. The molecule has 0 radical (unpaired) electrons. The van der Waals surface area contributed by atoms with E-state index in [2.05, 4.69) is 242 Å². The second-order valence-electron chi connectivity index (χ2n) is 16.5. The first kappa shape index (κ1) is 35.2. The van der Waals surface area contributed by atoms with Crippen LogP contribution in [-0.4, -0.2) is 0 Å². The van der Waals surface area contributed by atoms with Crippen molar-refractivity contribution in [1.29, 1.82) is 0 Å². The molecule has 0 spiro atoms. The summed E-state index contributed by atoms with van der Waals surface area (Å²) in [6.45, 7) is 0. The first-order chi connectivity index (χ1) is 30.2. The number of rotatable bonds is 7. The summed E-state index contributed by atoms with van der Waals surface area (Å²) in [6, 6.07) is 78.3. The van der Waals surface area contributed by atoms with E-state index in [-0.39, 0.29) is 0 Å². The zero-order valence-corrected chi connectivity index (χ0v) is 33.6. The molecular weight excluding hydrogens is 735 g/mol. The van der Waals surface area contributed by atoms with Gasteiger partial charge in [0.2, 0.25) is 0 Å². The van der Waals surface area contributed by atoms with Crippen LogP contribution in [0.5, 0.6) is 0 Å². The van der Waals surface area contributed by atoms with Gasteiger partial charge in [0.1, 0.15) is 0 Å². The number of hydrogen-bond donors (Lipinski definition) is 0. The van der Waals surface area contributed by atoms with Gasteiger partial charge in [-0.05, 0) is 149 Å². The van der Waals surface area contributed by atoms with Gasteiger partial charge in [0.25, 0.3) is 0 Å². The minimum Gasteiger partial charge on any atom is -0.310 e. The Bertz CT molecular complexity index is 3360. The number of anilines is 3. The van der Waals surface area contributed by atoms with Crippen LogP contribution in [0.4, 0.5) is 17.1 Å². The number of allylic oxidation sites excluding steroid dienone is 4. The van der Waals surface area contributed by atoms with E-state index < -0.39 is 0 Å². The Morgan fingerprint density at radius 3 is 1.36 bits per heavy atom. The molecule has 61 heavy (non-hydrogen) atoms. The van der Waals surface area contributed by atoms with Crippen LogP contribution in [-0.2, 0) is 0 Å². The molecule has 2 aliphatic carbocycles. The van der Waals surface area contributed by atoms with Crippen LogP contribution < -0.4 is 4.90 Å². The lowest BCUT2D eigenvalue weighted by atomic mass is 9.86. The molecule has 286 valence electrons. The standard InChI is InChI=1S/C60H41N/c1-3-12-40(13-4-1)43-16-9-19-52(37-43)61(53-20-10-17-44(38-53)50-36-49-18-11-23-58-56-21-7-8-22-57(56)59(39-50)60(49)58)51-30-26-42(27-31-51)46-29-33-55-48(35-46)25-24-47-34-45(28-32-54(47)55)41-14-5-2-6-15-41/h1-39,56-57H. The summed E-state index contributed by atoms with van der Waals surface area (Å²) >= 11 is 0. The molecule has 1 heteroatoms. The smallest absolute Gasteiger partial charge is 0.0467 e. The van der Waals surface area contributed by atoms with Gasteiger partial charge in [-0.2, -0.15) is 0 Å². The normalized spacial score (nSPS) is 15.1. The Hall–Kier alpha value is -7.74. The summed E-state index contributed by atoms with van der Waals surface area (Å²) < 4.78 is 0. The molecule has 2 aliphatic rings. The summed E-state index contributed by atoms with van der Waals surface area (Å²) in [7, 11) is 0. The van der Waals surface area contributed by atoms with E-state index in [1.165, 1.54) is 88.0 Å². The molecule has 0 saturated heterocycles. The molecule has 0 aliphatic heterocycles. The van der Waals surface area contributed by atoms with Gasteiger partial charge < -0.3 is 4.90 Å². The molecule has 1 nitrogen and oxygen atoms in total. The Balaban J connectivity index is 0.927. The minimum absolute atomic E-state index is 0.374. The fraction of sp³-hybridized carbons (Fsp3) is 0.0333. The predicted molar refractivity (Wildman–Crippen MR) is 259 cm³/mol. The number of nitrogens with zero attached hydrogens (tertiary/aromatic N) is 1. The Morgan fingerprint density at radius 2 is 0.754 bits per heavy atom. The summed E-state index contributed by atoms with van der Waals surface area (Å²) in [5.74, 6) is 0.780. The van der Waals surface area contributed by atoms with E-state index in [0.717, 1.165) is 17.1 Å². The molecule has 10 aromatic carbocycles. The highest BCUT2D eigenvalue weighted by Gasteiger charge is 2.32. The molecule has 0 saturated carbocycles. The average molecular weight is 776 g/mol. The molecule has 0 heterocycles. The SMILES string of the molecule is C1=CC2c3cccc4cc(-c5cccc(N(c6ccc(-c7ccc8c(ccc9cc(-c%10ccccc%10)ccc98)c7)cc6)c6cccc(-c7ccccc7)c6)c5)cc(c34)C2C=C1. The Kier molecular flexibility index (Phi) is 8.38. The van der Waals surface area contributed by atoms with Gasteiger partial charge >= 0.3 is 0 Å². The van der Waals surface area contributed by atoms with Gasteiger partial charge in [-0.1, -0.05) is 176 Å². The van der Waals surface area contributed by atoms with E-state index >= 15 is 0 Å². The lowest BCUT2D eigenvalue weighted by molar-refractivity contribution is 0.769. The number of benzene rings is 10. The van der Waals surface area contributed by atoms with Crippen LogP contribution in [0.3, 0.4) is 0 Å². The summed E-state index contributed by atoms with van der Waals surface area (Å²) in [4.78, 5) is 2.40. The third-order valence-electron chi connectivity index (χ3n) is 12.9. The van der Waals surface area contributed by atoms with Gasteiger partial charge in [0, 0.05) is 28.9 Å². The molecule has 0 fully saturated rings. The Morgan fingerprint density at radius 1 is 0.279 bits per heavy atom. The molecule has 10 aromatic rings. The van der Waals surface area contributed by atoms with Crippen LogP contribution in [0, 0.1) is 0 Å². The maximum atomic E-state index is 2.45. The first-order valence-corrected chi connectivity index (χ1v) is 21.3. The Labute approximate surface area is 356 Å². The molecule has 2 atom stereocenters. The second-order valence-corrected chi connectivity index (χ2v) is 16.5. The van der Waals surface area contributed by atoms with E-state index in [9.17, 15) is 0 Å². The van der Waals surface area contributed by atoms with Gasteiger partial charge in [0.05, 0.1) is 0 Å². The largest absolute Gasteiger partial charge is 0.310 e. The third kappa shape index (κ3) is 6.17. The van der Waals surface area contributed by atoms with Crippen molar-refractivity contribution in [3.05, 3.63) is 248 Å². The fourth-order valence-electron chi connectivity index (χ4n) is 9.99. The van der Waals surface area contributed by atoms with Crippen LogP contribution in [0.25, 0.3) is 76.8 Å². The van der Waals surface area contributed by atoms with Crippen molar-refractivity contribution in [2.24, 2.45) is 0 Å². The summed E-state index contributed by atoms with van der Waals surface area (Å²) in [6.07, 6.45) is 9.17. The molecular formula is C60H41N. The highest BCUT2D eigenvalue weighted by molar-refractivity contribution is 6.09. The topological polar surface area (TPSA) is 3.24 Å². The molecule has 0 amide bonds. The first-order valence-electron chi connectivity index (χ1n) is 21.3. The monoisotopic (exact) mass is 775 g/mol. The molecule has 0 bridgehead atoms. The van der Waals surface area contributed by atoms with E-state index in [1.807, 2.05) is 0 Å². The number of hydrogen-bond acceptors (Lipinski definition) is 1. The fourth-order valence-corrected chi connectivity index (χ4v) is 9.99. The third-order valence-corrected chi connectivity index (χ3v) is 12.9. The van der Waals surface area contributed by atoms with Gasteiger partial charge in [-0.3, -0.25) is 0 Å². The van der Waals surface area contributed by atoms with E-state index in [4.69, 9.17) is 0 Å². The molecule has 0 aromatic heterocycles. The number of fused-ring (bicyclic) bond motifs is 6. The van der Waals surface area contributed by atoms with Crippen LogP contribution in [0.15, 0.2) is 237 Å². The zero-order chi connectivity index (χ0) is 40.3. The van der Waals surface area contributed by atoms with Crippen molar-refractivity contribution in [2.45, 2.75) is 11.8 Å². The van der Waals surface area contributed by atoms with Crippen molar-refractivity contribution >= 4 is 49.4 Å². The van der Waals surface area contributed by atoms with Crippen LogP contribution in [0.2, 0.25) is 0 Å². The quantitative estimate of drug-likeness (QED) is 0.146. The van der Waals surface area contributed by atoms with Gasteiger partial charge in [-0.15, -0.1) is 0 Å². The lowest BCUT2D eigenvalue weighted by Crippen LogP contribution is -2.10. The van der Waals surface area contributed by atoms with Crippen molar-refractivity contribution in [3.8, 4) is 44.5 Å². The zero-order valence-electron chi connectivity index (χ0n) is 33.6. The molecule has 2 unspecified atom stereocenters. The molecule has 0 N–H and O–H groups in total. The maximum Gasteiger partial charge on any atom is 0.0467 e. The van der Waals surface area contributed by atoms with E-state index in [0.29, 0.717) is 11.8 Å². The summed E-state index contributed by atoms with van der Waals surface area (Å²) in [5.41, 5.74) is 15.9. The van der Waals surface area contributed by atoms with Gasteiger partial charge in [0.15, 0.2) is 0 Å². The maximum absolute atomic E-state index is 2.45. The van der Waals surface area contributed by atoms with Crippen molar-refractivity contribution in [2.75, 3.05) is 4.90 Å². The predicted octanol–water partition coefficient (Wildman–Crippen LogP) is 16.6. The van der Waals surface area contributed by atoms with Crippen molar-refractivity contribution in [3.63, 3.8) is 0 Å². The minimum atomic E-state index is 0.374. The summed E-state index contributed by atoms with van der Waals surface area (Å²) in [5, 5.41) is 7.79. The van der Waals surface area contributed by atoms with Crippen LogP contribution in [0.1, 0.15) is 23.0 Å². The lowest BCUT2D eigenvalue weighted by Gasteiger charge is -2.27. The van der Waals surface area contributed by atoms with Crippen molar-refractivity contribution < 1.29 is 0 Å². The highest BCUT2D eigenvalue weighted by atomic mass is 15.1. The van der Waals surface area contributed by atoms with Crippen LogP contribution >= 0.6 is 0 Å².